The van der Waals surface area contributed by atoms with Gasteiger partial charge in [-0.1, -0.05) is 35.9 Å². The third-order valence-corrected chi connectivity index (χ3v) is 3.13. The molecule has 0 saturated carbocycles. The zero-order chi connectivity index (χ0) is 14.1. The minimum absolute atomic E-state index is 0.328. The number of aromatic nitrogens is 2. The molecule has 3 rings (SSSR count). The van der Waals surface area contributed by atoms with Crippen molar-refractivity contribution in [1.29, 1.82) is 0 Å². The molecule has 3 nitrogen and oxygen atoms in total. The lowest BCUT2D eigenvalue weighted by Gasteiger charge is -2.02. The molecule has 4 heteroatoms. The third kappa shape index (κ3) is 2.16. The number of halogens is 1. The highest BCUT2D eigenvalue weighted by atomic mass is 19.1. The van der Waals surface area contributed by atoms with Crippen LogP contribution >= 0.6 is 0 Å². The maximum atomic E-state index is 13.8. The monoisotopic (exact) mass is 267 g/mol. The largest absolute Gasteiger partial charge is 0.396 e. The summed E-state index contributed by atoms with van der Waals surface area (Å²) in [6.45, 7) is 2.01. The van der Waals surface area contributed by atoms with Crippen molar-refractivity contribution in [3.8, 4) is 16.9 Å². The van der Waals surface area contributed by atoms with E-state index in [1.165, 1.54) is 10.7 Å². The fourth-order valence-electron chi connectivity index (χ4n) is 2.16. The standard InChI is InChI=1S/C16H14FN3/c1-11-5-4-6-12(9-11)16-14(18)10-20(19-16)15-8-3-2-7-13(15)17/h2-10H,18H2,1H3. The van der Waals surface area contributed by atoms with E-state index in [9.17, 15) is 4.39 Å². The zero-order valence-electron chi connectivity index (χ0n) is 11.0. The van der Waals surface area contributed by atoms with Crippen LogP contribution in [0.25, 0.3) is 16.9 Å². The van der Waals surface area contributed by atoms with Gasteiger partial charge in [-0.05, 0) is 25.1 Å². The number of rotatable bonds is 2. The van der Waals surface area contributed by atoms with Crippen LogP contribution in [0.2, 0.25) is 0 Å². The second-order valence-electron chi connectivity index (χ2n) is 4.70. The van der Waals surface area contributed by atoms with Crippen molar-refractivity contribution in [1.82, 2.24) is 9.78 Å². The van der Waals surface area contributed by atoms with Crippen LogP contribution in [0.5, 0.6) is 0 Å². The van der Waals surface area contributed by atoms with E-state index in [2.05, 4.69) is 5.10 Å². The molecule has 1 heterocycles. The molecule has 20 heavy (non-hydrogen) atoms. The Morgan fingerprint density at radius 2 is 1.90 bits per heavy atom. The average molecular weight is 267 g/mol. The van der Waals surface area contributed by atoms with Crippen LogP contribution in [0.1, 0.15) is 5.56 Å². The summed E-state index contributed by atoms with van der Waals surface area (Å²) in [7, 11) is 0. The van der Waals surface area contributed by atoms with Crippen LogP contribution in [-0.2, 0) is 0 Å². The number of nitrogen functional groups attached to an aromatic ring is 1. The van der Waals surface area contributed by atoms with Crippen molar-refractivity contribution < 1.29 is 4.39 Å². The lowest BCUT2D eigenvalue weighted by Crippen LogP contribution is -1.98. The molecule has 0 atom stereocenters. The number of aryl methyl sites for hydroxylation is 1. The molecule has 0 spiro atoms. The highest BCUT2D eigenvalue weighted by Crippen LogP contribution is 2.26. The van der Waals surface area contributed by atoms with Gasteiger partial charge in [-0.25, -0.2) is 9.07 Å². The third-order valence-electron chi connectivity index (χ3n) is 3.13. The van der Waals surface area contributed by atoms with Crippen LogP contribution in [-0.4, -0.2) is 9.78 Å². The smallest absolute Gasteiger partial charge is 0.148 e. The van der Waals surface area contributed by atoms with Gasteiger partial charge in [0.25, 0.3) is 0 Å². The molecule has 0 bridgehead atoms. The van der Waals surface area contributed by atoms with Gasteiger partial charge >= 0.3 is 0 Å². The number of hydrogen-bond acceptors (Lipinski definition) is 2. The molecule has 3 aromatic rings. The second-order valence-corrected chi connectivity index (χ2v) is 4.70. The molecule has 0 amide bonds. The van der Waals surface area contributed by atoms with Crippen molar-refractivity contribution in [2.24, 2.45) is 0 Å². The first-order valence-corrected chi connectivity index (χ1v) is 6.32. The molecule has 0 aliphatic carbocycles. The molecule has 0 aliphatic heterocycles. The summed E-state index contributed by atoms with van der Waals surface area (Å²) in [5.74, 6) is -0.328. The minimum Gasteiger partial charge on any atom is -0.396 e. The summed E-state index contributed by atoms with van der Waals surface area (Å²) < 4.78 is 15.3. The second kappa shape index (κ2) is 4.81. The number of nitrogens with zero attached hydrogens (tertiary/aromatic N) is 2. The van der Waals surface area contributed by atoms with E-state index in [1.807, 2.05) is 31.2 Å². The Bertz CT molecular complexity index is 762. The fraction of sp³-hybridized carbons (Fsp3) is 0.0625. The lowest BCUT2D eigenvalue weighted by atomic mass is 10.1. The quantitative estimate of drug-likeness (QED) is 0.771. The zero-order valence-corrected chi connectivity index (χ0v) is 11.0. The Hall–Kier alpha value is -2.62. The first-order chi connectivity index (χ1) is 9.65. The van der Waals surface area contributed by atoms with E-state index < -0.39 is 0 Å². The van der Waals surface area contributed by atoms with Gasteiger partial charge in [0, 0.05) is 5.56 Å². The summed E-state index contributed by atoms with van der Waals surface area (Å²) in [5, 5.41) is 4.40. The van der Waals surface area contributed by atoms with E-state index >= 15 is 0 Å². The summed E-state index contributed by atoms with van der Waals surface area (Å²) in [5.41, 5.74) is 9.64. The highest BCUT2D eigenvalue weighted by molar-refractivity contribution is 5.72. The summed E-state index contributed by atoms with van der Waals surface area (Å²) in [6.07, 6.45) is 1.64. The first kappa shape index (κ1) is 12.4. The van der Waals surface area contributed by atoms with Gasteiger partial charge in [-0.2, -0.15) is 5.10 Å². The summed E-state index contributed by atoms with van der Waals surface area (Å²) >= 11 is 0. The molecule has 0 unspecified atom stereocenters. The summed E-state index contributed by atoms with van der Waals surface area (Å²) in [6, 6.07) is 14.4. The number of nitrogens with two attached hydrogens (primary N) is 1. The van der Waals surface area contributed by atoms with E-state index in [4.69, 9.17) is 5.73 Å². The molecule has 0 aliphatic rings. The molecule has 0 radical (unpaired) electrons. The Labute approximate surface area is 116 Å². The lowest BCUT2D eigenvalue weighted by molar-refractivity contribution is 0.611. The van der Waals surface area contributed by atoms with E-state index in [0.717, 1.165) is 11.1 Å². The van der Waals surface area contributed by atoms with Gasteiger partial charge in [-0.15, -0.1) is 0 Å². The number of hydrogen-bond donors (Lipinski definition) is 1. The van der Waals surface area contributed by atoms with Crippen molar-refractivity contribution >= 4 is 5.69 Å². The van der Waals surface area contributed by atoms with Crippen molar-refractivity contribution in [3.05, 3.63) is 66.1 Å². The van der Waals surface area contributed by atoms with Crippen molar-refractivity contribution in [3.63, 3.8) is 0 Å². The molecule has 1 aromatic heterocycles. The van der Waals surface area contributed by atoms with Crippen LogP contribution < -0.4 is 5.73 Å². The SMILES string of the molecule is Cc1cccc(-c2nn(-c3ccccc3F)cc2N)c1. The molecular weight excluding hydrogens is 253 g/mol. The first-order valence-electron chi connectivity index (χ1n) is 6.32. The van der Waals surface area contributed by atoms with Crippen LogP contribution in [0.3, 0.4) is 0 Å². The topological polar surface area (TPSA) is 43.8 Å². The van der Waals surface area contributed by atoms with Gasteiger partial charge in [0.2, 0.25) is 0 Å². The predicted molar refractivity (Wildman–Crippen MR) is 78.1 cm³/mol. The highest BCUT2D eigenvalue weighted by Gasteiger charge is 2.11. The molecular formula is C16H14FN3. The Morgan fingerprint density at radius 1 is 1.10 bits per heavy atom. The molecule has 0 saturated heterocycles. The predicted octanol–water partition coefficient (Wildman–Crippen LogP) is 3.57. The number of anilines is 1. The maximum absolute atomic E-state index is 13.8. The minimum atomic E-state index is -0.328. The fourth-order valence-corrected chi connectivity index (χ4v) is 2.16. The maximum Gasteiger partial charge on any atom is 0.148 e. The number of para-hydroxylation sites is 1. The molecule has 100 valence electrons. The number of benzene rings is 2. The van der Waals surface area contributed by atoms with E-state index in [-0.39, 0.29) is 5.82 Å². The van der Waals surface area contributed by atoms with E-state index in [0.29, 0.717) is 17.1 Å². The van der Waals surface area contributed by atoms with Gasteiger partial charge in [0.15, 0.2) is 0 Å². The van der Waals surface area contributed by atoms with Crippen LogP contribution in [0, 0.1) is 12.7 Å². The van der Waals surface area contributed by atoms with Crippen molar-refractivity contribution in [2.75, 3.05) is 5.73 Å². The Balaban J connectivity index is 2.10. The van der Waals surface area contributed by atoms with Gasteiger partial charge in [0.1, 0.15) is 17.2 Å². The molecule has 0 fully saturated rings. The Morgan fingerprint density at radius 3 is 2.65 bits per heavy atom. The Kier molecular flexibility index (Phi) is 2.99. The summed E-state index contributed by atoms with van der Waals surface area (Å²) in [4.78, 5) is 0. The van der Waals surface area contributed by atoms with Gasteiger partial charge < -0.3 is 5.73 Å². The van der Waals surface area contributed by atoms with Gasteiger partial charge in [-0.3, -0.25) is 0 Å². The van der Waals surface area contributed by atoms with Crippen molar-refractivity contribution in [2.45, 2.75) is 6.92 Å². The van der Waals surface area contributed by atoms with Crippen LogP contribution in [0.4, 0.5) is 10.1 Å². The normalized spacial score (nSPS) is 10.7. The van der Waals surface area contributed by atoms with E-state index in [1.54, 1.807) is 24.4 Å². The molecule has 2 N–H and O–H groups in total. The molecule has 2 aromatic carbocycles. The average Bonchev–Trinajstić information content (AvgIpc) is 2.81. The van der Waals surface area contributed by atoms with Gasteiger partial charge in [0.05, 0.1) is 11.9 Å². The van der Waals surface area contributed by atoms with Crippen LogP contribution in [0.15, 0.2) is 54.7 Å².